The molecule has 1 saturated heterocycles. The van der Waals surface area contributed by atoms with Crippen LogP contribution in [0.3, 0.4) is 0 Å². The Morgan fingerprint density at radius 3 is 2.84 bits per heavy atom. The van der Waals surface area contributed by atoms with E-state index in [1.807, 2.05) is 42.6 Å². The number of nitrogens with one attached hydrogen (secondary N) is 1. The second kappa shape index (κ2) is 7.95. The minimum Gasteiger partial charge on any atom is -0.376 e. The van der Waals surface area contributed by atoms with Gasteiger partial charge in [-0.25, -0.2) is 0 Å². The molecular weight excluding hydrogens is 354 g/mol. The summed E-state index contributed by atoms with van der Waals surface area (Å²) in [7, 11) is 0. The van der Waals surface area contributed by atoms with Crippen molar-refractivity contribution in [2.45, 2.75) is 25.9 Å². The molecule has 2 heterocycles. The second-order valence-electron chi connectivity index (χ2n) is 5.97. The van der Waals surface area contributed by atoms with Gasteiger partial charge in [0.2, 0.25) is 0 Å². The van der Waals surface area contributed by atoms with Crippen molar-refractivity contribution in [1.29, 1.82) is 0 Å². The topological polar surface area (TPSA) is 67.6 Å². The van der Waals surface area contributed by atoms with Gasteiger partial charge in [-0.2, -0.15) is 0 Å². The van der Waals surface area contributed by atoms with Crippen molar-refractivity contribution in [3.05, 3.63) is 46.2 Å². The van der Waals surface area contributed by atoms with Crippen molar-refractivity contribution >= 4 is 34.6 Å². The minimum atomic E-state index is -0.214. The number of rotatable bonds is 4. The lowest BCUT2D eigenvalue weighted by Gasteiger charge is -2.26. The van der Waals surface area contributed by atoms with Crippen LogP contribution in [0.5, 0.6) is 0 Å². The van der Waals surface area contributed by atoms with Crippen LogP contribution in [0.25, 0.3) is 11.1 Å². The van der Waals surface area contributed by atoms with Gasteiger partial charge in [0.15, 0.2) is 5.11 Å². The number of carbonyl (C=O) groups is 1. The molecule has 0 radical (unpaired) electrons. The van der Waals surface area contributed by atoms with E-state index >= 15 is 0 Å². The molecule has 0 saturated carbocycles. The molecule has 7 heteroatoms. The van der Waals surface area contributed by atoms with Gasteiger partial charge in [-0.3, -0.25) is 15.2 Å². The summed E-state index contributed by atoms with van der Waals surface area (Å²) in [4.78, 5) is 13.9. The quantitative estimate of drug-likeness (QED) is 0.635. The molecule has 5 nitrogen and oxygen atoms in total. The third kappa shape index (κ3) is 4.18. The highest BCUT2D eigenvalue weighted by atomic mass is 32.1. The monoisotopic (exact) mass is 375 g/mol. The minimum absolute atomic E-state index is 0.0413. The summed E-state index contributed by atoms with van der Waals surface area (Å²) >= 11 is 6.64. The Labute approximate surface area is 156 Å². The van der Waals surface area contributed by atoms with Crippen molar-refractivity contribution in [3.8, 4) is 11.1 Å². The van der Waals surface area contributed by atoms with Gasteiger partial charge in [0.05, 0.1) is 18.2 Å². The van der Waals surface area contributed by atoms with Crippen LogP contribution >= 0.6 is 23.6 Å². The fourth-order valence-corrected chi connectivity index (χ4v) is 3.94. The van der Waals surface area contributed by atoms with Gasteiger partial charge in [-0.15, -0.1) is 11.3 Å². The molecule has 1 aromatic heterocycles. The highest BCUT2D eigenvalue weighted by Gasteiger charge is 2.23. The van der Waals surface area contributed by atoms with Crippen LogP contribution < -0.4 is 11.2 Å². The van der Waals surface area contributed by atoms with Gasteiger partial charge in [0.25, 0.3) is 5.91 Å². The second-order valence-corrected chi connectivity index (χ2v) is 7.47. The molecule has 2 aromatic rings. The molecule has 1 fully saturated rings. The Morgan fingerprint density at radius 1 is 1.44 bits per heavy atom. The first-order valence-electron chi connectivity index (χ1n) is 8.19. The molecule has 1 aromatic carbocycles. The number of benzene rings is 1. The maximum atomic E-state index is 12.8. The lowest BCUT2D eigenvalue weighted by atomic mass is 10.0. The normalized spacial score (nSPS) is 16.6. The lowest BCUT2D eigenvalue weighted by Crippen LogP contribution is -2.51. The van der Waals surface area contributed by atoms with Crippen molar-refractivity contribution in [1.82, 2.24) is 10.4 Å². The lowest BCUT2D eigenvalue weighted by molar-refractivity contribution is 0.0683. The Hall–Kier alpha value is -1.96. The zero-order chi connectivity index (χ0) is 17.8. The molecule has 3 N–H and O–H groups in total. The number of ether oxygens (including phenoxy) is 1. The van der Waals surface area contributed by atoms with E-state index in [4.69, 9.17) is 22.7 Å². The maximum absolute atomic E-state index is 12.8. The van der Waals surface area contributed by atoms with E-state index < -0.39 is 0 Å². The Kier molecular flexibility index (Phi) is 5.67. The van der Waals surface area contributed by atoms with Gasteiger partial charge in [-0.1, -0.05) is 30.3 Å². The molecule has 0 aliphatic carbocycles. The van der Waals surface area contributed by atoms with E-state index in [1.54, 1.807) is 11.3 Å². The van der Waals surface area contributed by atoms with Crippen LogP contribution in [-0.2, 0) is 4.74 Å². The average molecular weight is 376 g/mol. The van der Waals surface area contributed by atoms with Crippen LogP contribution in [0, 0.1) is 6.92 Å². The molecule has 1 atom stereocenters. The first-order chi connectivity index (χ1) is 12.1. The summed E-state index contributed by atoms with van der Waals surface area (Å²) in [5.41, 5.74) is 11.2. The van der Waals surface area contributed by atoms with Crippen molar-refractivity contribution in [2.24, 2.45) is 5.73 Å². The Morgan fingerprint density at radius 2 is 2.20 bits per heavy atom. The number of amides is 1. The van der Waals surface area contributed by atoms with Crippen LogP contribution in [-0.4, -0.2) is 35.3 Å². The number of thiocarbonyl (C=S) groups is 1. The molecular formula is C18H21N3O2S2. The largest absolute Gasteiger partial charge is 0.376 e. The van der Waals surface area contributed by atoms with Gasteiger partial charge in [0.1, 0.15) is 0 Å². The zero-order valence-electron chi connectivity index (χ0n) is 14.0. The third-order valence-corrected chi connectivity index (χ3v) is 5.33. The van der Waals surface area contributed by atoms with Crippen LogP contribution in [0.2, 0.25) is 0 Å². The molecule has 1 aliphatic rings. The van der Waals surface area contributed by atoms with Crippen molar-refractivity contribution in [3.63, 3.8) is 0 Å². The first kappa shape index (κ1) is 17.8. The summed E-state index contributed by atoms with van der Waals surface area (Å²) in [6.45, 7) is 3.22. The van der Waals surface area contributed by atoms with Crippen molar-refractivity contribution in [2.75, 3.05) is 13.2 Å². The fraction of sp³-hybridized carbons (Fsp3) is 0.333. The molecule has 25 heavy (non-hydrogen) atoms. The van der Waals surface area contributed by atoms with E-state index in [9.17, 15) is 4.79 Å². The summed E-state index contributed by atoms with van der Waals surface area (Å²) in [5.74, 6) is -0.214. The van der Waals surface area contributed by atoms with E-state index in [2.05, 4.69) is 5.43 Å². The number of hydrazine groups is 1. The SMILES string of the molecule is Cc1scc(C(=O)NN(CC2CCCO2)C(N)=S)c1-c1ccccc1. The third-order valence-electron chi connectivity index (χ3n) is 4.19. The predicted octanol–water partition coefficient (Wildman–Crippen LogP) is 3.09. The Bertz CT molecular complexity index is 755. The summed E-state index contributed by atoms with van der Waals surface area (Å²) < 4.78 is 5.61. The van der Waals surface area contributed by atoms with Gasteiger partial charge >= 0.3 is 0 Å². The standard InChI is InChI=1S/C18H21N3O2S2/c1-12-16(13-6-3-2-4-7-13)15(11-25-12)17(22)20-21(18(19)24)10-14-8-5-9-23-14/h2-4,6-7,11,14H,5,8-10H2,1H3,(H2,19,24)(H,20,22). The molecule has 3 rings (SSSR count). The Balaban J connectivity index is 1.79. The summed E-state index contributed by atoms with van der Waals surface area (Å²) in [5, 5.41) is 3.52. The van der Waals surface area contributed by atoms with E-state index in [0.29, 0.717) is 12.1 Å². The smallest absolute Gasteiger partial charge is 0.271 e. The number of carbonyl (C=O) groups excluding carboxylic acids is 1. The number of nitrogens with zero attached hydrogens (tertiary/aromatic N) is 1. The van der Waals surface area contributed by atoms with E-state index in [-0.39, 0.29) is 17.1 Å². The van der Waals surface area contributed by atoms with Crippen LogP contribution in [0.1, 0.15) is 28.1 Å². The maximum Gasteiger partial charge on any atom is 0.271 e. The molecule has 0 bridgehead atoms. The molecule has 1 unspecified atom stereocenters. The highest BCUT2D eigenvalue weighted by molar-refractivity contribution is 7.80. The first-order valence-corrected chi connectivity index (χ1v) is 9.48. The fourth-order valence-electron chi connectivity index (χ4n) is 2.95. The number of aryl methyl sites for hydroxylation is 1. The van der Waals surface area contributed by atoms with Gasteiger partial charge in [-0.05, 0) is 37.5 Å². The molecule has 0 spiro atoms. The van der Waals surface area contributed by atoms with Gasteiger partial charge < -0.3 is 10.5 Å². The average Bonchev–Trinajstić information content (AvgIpc) is 3.24. The number of hydrogen-bond acceptors (Lipinski definition) is 4. The van der Waals surface area contributed by atoms with E-state index in [1.165, 1.54) is 5.01 Å². The van der Waals surface area contributed by atoms with Crippen LogP contribution in [0.4, 0.5) is 0 Å². The summed E-state index contributed by atoms with van der Waals surface area (Å²) in [6.07, 6.45) is 2.01. The van der Waals surface area contributed by atoms with Crippen molar-refractivity contribution < 1.29 is 9.53 Å². The number of thiophene rings is 1. The zero-order valence-corrected chi connectivity index (χ0v) is 15.7. The summed E-state index contributed by atoms with van der Waals surface area (Å²) in [6, 6.07) is 9.90. The molecule has 1 aliphatic heterocycles. The number of hydrogen-bond donors (Lipinski definition) is 2. The van der Waals surface area contributed by atoms with Crippen LogP contribution in [0.15, 0.2) is 35.7 Å². The van der Waals surface area contributed by atoms with Gasteiger partial charge in [0, 0.05) is 22.4 Å². The predicted molar refractivity (Wildman–Crippen MR) is 104 cm³/mol. The molecule has 1 amide bonds. The number of nitrogens with two attached hydrogens (primary N) is 1. The highest BCUT2D eigenvalue weighted by Crippen LogP contribution is 2.32. The van der Waals surface area contributed by atoms with E-state index in [0.717, 1.165) is 35.5 Å². The molecule has 132 valence electrons.